The van der Waals surface area contributed by atoms with Gasteiger partial charge in [-0.25, -0.2) is 4.79 Å². The van der Waals surface area contributed by atoms with Crippen LogP contribution in [0.2, 0.25) is 0 Å². The van der Waals surface area contributed by atoms with Gasteiger partial charge in [0.05, 0.1) is 26.4 Å². The van der Waals surface area contributed by atoms with E-state index < -0.39 is 5.97 Å². The lowest BCUT2D eigenvalue weighted by atomic mass is 10.1. The van der Waals surface area contributed by atoms with E-state index in [1.165, 1.54) is 17.4 Å². The van der Waals surface area contributed by atoms with Crippen LogP contribution >= 0.6 is 11.3 Å². The lowest BCUT2D eigenvalue weighted by molar-refractivity contribution is -0.111. The molecule has 0 unspecified atom stereocenters. The van der Waals surface area contributed by atoms with E-state index in [1.54, 1.807) is 39.4 Å². The quantitative estimate of drug-likeness (QED) is 0.567. The second kappa shape index (κ2) is 9.23. The maximum Gasteiger partial charge on any atom is 0.341 e. The number of anilines is 1. The Morgan fingerprint density at radius 2 is 1.85 bits per heavy atom. The van der Waals surface area contributed by atoms with Crippen molar-refractivity contribution < 1.29 is 23.8 Å². The summed E-state index contributed by atoms with van der Waals surface area (Å²) in [4.78, 5) is 25.5. The minimum atomic E-state index is -0.432. The van der Waals surface area contributed by atoms with E-state index in [9.17, 15) is 9.59 Å². The van der Waals surface area contributed by atoms with E-state index in [0.717, 1.165) is 16.0 Å². The fourth-order valence-electron chi connectivity index (χ4n) is 2.45. The van der Waals surface area contributed by atoms with Gasteiger partial charge in [0, 0.05) is 11.0 Å². The molecule has 0 atom stereocenters. The summed E-state index contributed by atoms with van der Waals surface area (Å²) in [5, 5.41) is 3.26. The van der Waals surface area contributed by atoms with Crippen molar-refractivity contribution in [3.05, 3.63) is 45.8 Å². The van der Waals surface area contributed by atoms with Crippen molar-refractivity contribution in [2.45, 2.75) is 20.8 Å². The van der Waals surface area contributed by atoms with Gasteiger partial charge >= 0.3 is 5.97 Å². The molecular formula is C20H23NO5S. The molecule has 1 heterocycles. The number of thiophene rings is 1. The molecule has 1 aromatic carbocycles. The molecule has 1 amide bonds. The van der Waals surface area contributed by atoms with Crippen molar-refractivity contribution in [2.75, 3.05) is 26.1 Å². The zero-order chi connectivity index (χ0) is 20.0. The first kappa shape index (κ1) is 20.5. The summed E-state index contributed by atoms with van der Waals surface area (Å²) in [6.07, 6.45) is 3.06. The molecule has 1 aromatic heterocycles. The number of ether oxygens (including phenoxy) is 3. The van der Waals surface area contributed by atoms with Gasteiger partial charge in [-0.15, -0.1) is 11.3 Å². The Bertz CT molecular complexity index is 869. The van der Waals surface area contributed by atoms with E-state index in [-0.39, 0.29) is 12.5 Å². The van der Waals surface area contributed by atoms with Crippen LogP contribution < -0.4 is 14.8 Å². The van der Waals surface area contributed by atoms with E-state index in [4.69, 9.17) is 14.2 Å². The van der Waals surface area contributed by atoms with Gasteiger partial charge in [0.1, 0.15) is 5.00 Å². The first-order valence-electron chi connectivity index (χ1n) is 8.39. The standard InChI is InChI=1S/C20H23NO5S/c1-6-26-20(23)18-12(2)13(3)27-19(18)21-17(22)10-8-14-7-9-15(24-4)16(11-14)25-5/h7-11H,6H2,1-5H3,(H,21,22). The lowest BCUT2D eigenvalue weighted by Gasteiger charge is -2.07. The van der Waals surface area contributed by atoms with Crippen LogP contribution in [0, 0.1) is 13.8 Å². The second-order valence-electron chi connectivity index (χ2n) is 5.64. The summed E-state index contributed by atoms with van der Waals surface area (Å²) in [5.41, 5.74) is 2.01. The summed E-state index contributed by atoms with van der Waals surface area (Å²) < 4.78 is 15.5. The molecule has 0 saturated heterocycles. The van der Waals surface area contributed by atoms with Crippen molar-refractivity contribution in [3.8, 4) is 11.5 Å². The second-order valence-corrected chi connectivity index (χ2v) is 6.87. The van der Waals surface area contributed by atoms with Gasteiger partial charge in [0.25, 0.3) is 0 Å². The van der Waals surface area contributed by atoms with Gasteiger partial charge in [0.2, 0.25) is 5.91 Å². The third-order valence-electron chi connectivity index (χ3n) is 3.94. The Morgan fingerprint density at radius 3 is 2.48 bits per heavy atom. The van der Waals surface area contributed by atoms with Crippen molar-refractivity contribution in [1.29, 1.82) is 0 Å². The highest BCUT2D eigenvalue weighted by molar-refractivity contribution is 7.16. The van der Waals surface area contributed by atoms with Crippen LogP contribution in [-0.4, -0.2) is 32.7 Å². The number of hydrogen-bond acceptors (Lipinski definition) is 6. The summed E-state index contributed by atoms with van der Waals surface area (Å²) >= 11 is 1.35. The largest absolute Gasteiger partial charge is 0.493 e. The number of nitrogens with one attached hydrogen (secondary N) is 1. The Labute approximate surface area is 162 Å². The number of hydrogen-bond donors (Lipinski definition) is 1. The summed E-state index contributed by atoms with van der Waals surface area (Å²) in [5.74, 6) is 0.423. The first-order chi connectivity index (χ1) is 12.9. The smallest absolute Gasteiger partial charge is 0.341 e. The van der Waals surface area contributed by atoms with E-state index in [1.807, 2.05) is 19.9 Å². The van der Waals surface area contributed by atoms with Crippen LogP contribution in [0.5, 0.6) is 11.5 Å². The predicted molar refractivity (Wildman–Crippen MR) is 107 cm³/mol. The molecule has 1 N–H and O–H groups in total. The Hall–Kier alpha value is -2.80. The Morgan fingerprint density at radius 1 is 1.15 bits per heavy atom. The van der Waals surface area contributed by atoms with Crippen molar-refractivity contribution in [3.63, 3.8) is 0 Å². The zero-order valence-electron chi connectivity index (χ0n) is 16.0. The maximum absolute atomic E-state index is 12.3. The third kappa shape index (κ3) is 4.89. The molecule has 0 spiro atoms. The highest BCUT2D eigenvalue weighted by atomic mass is 32.1. The van der Waals surface area contributed by atoms with Gasteiger partial charge in [-0.2, -0.15) is 0 Å². The Kier molecular flexibility index (Phi) is 7.01. The summed E-state index contributed by atoms with van der Waals surface area (Å²) in [6, 6.07) is 5.35. The minimum Gasteiger partial charge on any atom is -0.493 e. The number of benzene rings is 1. The van der Waals surface area contributed by atoms with Gasteiger partial charge in [-0.3, -0.25) is 4.79 Å². The van der Waals surface area contributed by atoms with Crippen LogP contribution in [-0.2, 0) is 9.53 Å². The molecule has 7 heteroatoms. The van der Waals surface area contributed by atoms with E-state index >= 15 is 0 Å². The van der Waals surface area contributed by atoms with Gasteiger partial charge in [0.15, 0.2) is 11.5 Å². The van der Waals surface area contributed by atoms with Gasteiger partial charge < -0.3 is 19.5 Å². The molecule has 0 aliphatic rings. The van der Waals surface area contributed by atoms with Crippen LogP contribution in [0.15, 0.2) is 24.3 Å². The van der Waals surface area contributed by atoms with Gasteiger partial charge in [-0.05, 0) is 50.1 Å². The maximum atomic E-state index is 12.3. The number of methoxy groups -OCH3 is 2. The molecule has 0 aliphatic heterocycles. The van der Waals surface area contributed by atoms with Crippen LogP contribution in [0.4, 0.5) is 5.00 Å². The monoisotopic (exact) mass is 389 g/mol. The molecule has 2 rings (SSSR count). The van der Waals surface area contributed by atoms with Gasteiger partial charge in [-0.1, -0.05) is 6.07 Å². The summed E-state index contributed by atoms with van der Waals surface area (Å²) in [7, 11) is 3.11. The molecule has 144 valence electrons. The number of carbonyl (C=O) groups is 2. The van der Waals surface area contributed by atoms with Crippen molar-refractivity contribution in [2.24, 2.45) is 0 Å². The van der Waals surface area contributed by atoms with Crippen molar-refractivity contribution in [1.82, 2.24) is 0 Å². The molecule has 0 radical (unpaired) electrons. The van der Waals surface area contributed by atoms with E-state index in [0.29, 0.717) is 22.1 Å². The number of amides is 1. The molecule has 27 heavy (non-hydrogen) atoms. The fraction of sp³-hybridized carbons (Fsp3) is 0.300. The molecule has 2 aromatic rings. The SMILES string of the molecule is CCOC(=O)c1c(NC(=O)C=Cc2ccc(OC)c(OC)c2)sc(C)c1C. The Balaban J connectivity index is 2.18. The number of esters is 1. The van der Waals surface area contributed by atoms with Crippen LogP contribution in [0.1, 0.15) is 33.3 Å². The minimum absolute atomic E-state index is 0.278. The summed E-state index contributed by atoms with van der Waals surface area (Å²) in [6.45, 7) is 5.77. The number of rotatable bonds is 7. The average Bonchev–Trinajstić information content (AvgIpc) is 2.93. The third-order valence-corrected chi connectivity index (χ3v) is 5.06. The number of aryl methyl sites for hydroxylation is 1. The normalized spacial score (nSPS) is 10.7. The number of carbonyl (C=O) groups excluding carboxylic acids is 2. The lowest BCUT2D eigenvalue weighted by Crippen LogP contribution is -2.12. The highest BCUT2D eigenvalue weighted by Gasteiger charge is 2.21. The highest BCUT2D eigenvalue weighted by Crippen LogP contribution is 2.33. The molecule has 6 nitrogen and oxygen atoms in total. The topological polar surface area (TPSA) is 73.9 Å². The fourth-order valence-corrected chi connectivity index (χ4v) is 3.50. The molecule has 0 fully saturated rings. The first-order valence-corrected chi connectivity index (χ1v) is 9.21. The molecular weight excluding hydrogens is 366 g/mol. The predicted octanol–water partition coefficient (Wildman–Crippen LogP) is 4.21. The molecule has 0 saturated carbocycles. The van der Waals surface area contributed by atoms with E-state index in [2.05, 4.69) is 5.32 Å². The molecule has 0 aliphatic carbocycles. The van der Waals surface area contributed by atoms with Crippen molar-refractivity contribution >= 4 is 34.3 Å². The van der Waals surface area contributed by atoms with Crippen LogP contribution in [0.25, 0.3) is 6.08 Å². The zero-order valence-corrected chi connectivity index (χ0v) is 16.9. The molecule has 0 bridgehead atoms. The van der Waals surface area contributed by atoms with Crippen LogP contribution in [0.3, 0.4) is 0 Å². The average molecular weight is 389 g/mol.